The molecule has 0 saturated carbocycles. The zero-order valence-corrected chi connectivity index (χ0v) is 13.7. The Kier molecular flexibility index (Phi) is 4.86. The number of nitrogens with zero attached hydrogens (tertiary/aromatic N) is 2. The van der Waals surface area contributed by atoms with Gasteiger partial charge in [0.1, 0.15) is 5.60 Å². The number of ether oxygens (including phenoxy) is 1. The number of carbonyl (C=O) groups excluding carboxylic acids is 1. The van der Waals surface area contributed by atoms with Crippen molar-refractivity contribution in [3.8, 4) is 0 Å². The van der Waals surface area contributed by atoms with Gasteiger partial charge in [-0.3, -0.25) is 4.98 Å². The highest BCUT2D eigenvalue weighted by Gasteiger charge is 2.24. The van der Waals surface area contributed by atoms with Crippen LogP contribution in [0.3, 0.4) is 0 Å². The van der Waals surface area contributed by atoms with Gasteiger partial charge in [-0.15, -0.1) is 0 Å². The molecular formula is C17H24N2O3. The van der Waals surface area contributed by atoms with E-state index in [9.17, 15) is 9.90 Å². The zero-order valence-electron chi connectivity index (χ0n) is 13.7. The second-order valence-electron chi connectivity index (χ2n) is 6.58. The lowest BCUT2D eigenvalue weighted by Gasteiger charge is -2.29. The Morgan fingerprint density at radius 1 is 1.45 bits per heavy atom. The van der Waals surface area contributed by atoms with Crippen molar-refractivity contribution in [2.24, 2.45) is 0 Å². The summed E-state index contributed by atoms with van der Waals surface area (Å²) in [6.07, 6.45) is 4.21. The van der Waals surface area contributed by atoms with Crippen molar-refractivity contribution in [3.05, 3.63) is 35.2 Å². The third-order valence-corrected chi connectivity index (χ3v) is 3.44. The van der Waals surface area contributed by atoms with Crippen molar-refractivity contribution < 1.29 is 14.6 Å². The van der Waals surface area contributed by atoms with Gasteiger partial charge < -0.3 is 14.7 Å². The smallest absolute Gasteiger partial charge is 0.410 e. The first kappa shape index (κ1) is 16.5. The van der Waals surface area contributed by atoms with Crippen LogP contribution in [0.5, 0.6) is 0 Å². The van der Waals surface area contributed by atoms with Gasteiger partial charge in [0, 0.05) is 24.8 Å². The van der Waals surface area contributed by atoms with Crippen LogP contribution in [0.2, 0.25) is 0 Å². The van der Waals surface area contributed by atoms with Gasteiger partial charge in [0.25, 0.3) is 0 Å². The van der Waals surface area contributed by atoms with Crippen LogP contribution in [-0.2, 0) is 11.3 Å². The average Bonchev–Trinajstić information content (AvgIpc) is 2.45. The Balaban J connectivity index is 2.10. The topological polar surface area (TPSA) is 62.7 Å². The van der Waals surface area contributed by atoms with Gasteiger partial charge in [-0.1, -0.05) is 12.1 Å². The van der Waals surface area contributed by atoms with E-state index >= 15 is 0 Å². The van der Waals surface area contributed by atoms with E-state index in [-0.39, 0.29) is 12.7 Å². The molecule has 5 heteroatoms. The lowest BCUT2D eigenvalue weighted by Crippen LogP contribution is -2.39. The number of hydrogen-bond acceptors (Lipinski definition) is 4. The minimum absolute atomic E-state index is 0.0306. The standard InChI is InChI=1S/C17H24N2O3/c1-12-9-14(11-20)15(18-10-12)13-5-7-19(8-6-13)16(21)22-17(2,3)4/h5,9-10,20H,6-8,11H2,1-4H3. The molecule has 1 aliphatic heterocycles. The molecule has 0 fully saturated rings. The number of rotatable bonds is 2. The summed E-state index contributed by atoms with van der Waals surface area (Å²) in [4.78, 5) is 18.2. The normalized spacial score (nSPS) is 15.5. The predicted octanol–water partition coefficient (Wildman–Crippen LogP) is 2.91. The number of aliphatic hydroxyl groups excluding tert-OH is 1. The third kappa shape index (κ3) is 4.07. The molecule has 22 heavy (non-hydrogen) atoms. The van der Waals surface area contributed by atoms with Crippen LogP contribution >= 0.6 is 0 Å². The maximum absolute atomic E-state index is 12.0. The van der Waals surface area contributed by atoms with E-state index < -0.39 is 5.60 Å². The van der Waals surface area contributed by atoms with Gasteiger partial charge >= 0.3 is 6.09 Å². The minimum Gasteiger partial charge on any atom is -0.444 e. The molecule has 0 unspecified atom stereocenters. The van der Waals surface area contributed by atoms with Gasteiger partial charge in [-0.05, 0) is 45.3 Å². The van der Waals surface area contributed by atoms with Crippen LogP contribution in [0, 0.1) is 6.92 Å². The van der Waals surface area contributed by atoms with Crippen LogP contribution in [0.15, 0.2) is 18.3 Å². The van der Waals surface area contributed by atoms with Crippen LogP contribution in [0.4, 0.5) is 4.79 Å². The lowest BCUT2D eigenvalue weighted by molar-refractivity contribution is 0.0270. The van der Waals surface area contributed by atoms with Gasteiger partial charge in [0.15, 0.2) is 0 Å². The van der Waals surface area contributed by atoms with Gasteiger partial charge in [-0.25, -0.2) is 4.79 Å². The summed E-state index contributed by atoms with van der Waals surface area (Å²) in [5.41, 5.74) is 3.28. The molecule has 120 valence electrons. The fourth-order valence-electron chi connectivity index (χ4n) is 2.42. The van der Waals surface area contributed by atoms with Gasteiger partial charge in [-0.2, -0.15) is 0 Å². The van der Waals surface area contributed by atoms with Crippen molar-refractivity contribution in [2.75, 3.05) is 13.1 Å². The highest BCUT2D eigenvalue weighted by atomic mass is 16.6. The summed E-state index contributed by atoms with van der Waals surface area (Å²) in [7, 11) is 0. The fraction of sp³-hybridized carbons (Fsp3) is 0.529. The Morgan fingerprint density at radius 2 is 2.18 bits per heavy atom. The van der Waals surface area contributed by atoms with Crippen molar-refractivity contribution in [3.63, 3.8) is 0 Å². The van der Waals surface area contributed by atoms with Crippen LogP contribution in [0.25, 0.3) is 5.57 Å². The molecule has 5 nitrogen and oxygen atoms in total. The quantitative estimate of drug-likeness (QED) is 0.912. The Bertz CT molecular complexity index is 588. The van der Waals surface area contributed by atoms with Crippen LogP contribution in [-0.4, -0.2) is 39.8 Å². The van der Waals surface area contributed by atoms with Crippen molar-refractivity contribution >= 4 is 11.7 Å². The average molecular weight is 304 g/mol. The first-order valence-corrected chi connectivity index (χ1v) is 7.54. The molecular weight excluding hydrogens is 280 g/mol. The molecule has 1 aromatic rings. The fourth-order valence-corrected chi connectivity index (χ4v) is 2.42. The van der Waals surface area contributed by atoms with Crippen molar-refractivity contribution in [1.29, 1.82) is 0 Å². The van der Waals surface area contributed by atoms with Gasteiger partial charge in [0.05, 0.1) is 12.3 Å². The summed E-state index contributed by atoms with van der Waals surface area (Å²) >= 11 is 0. The number of aromatic nitrogens is 1. The van der Waals surface area contributed by atoms with Gasteiger partial charge in [0.2, 0.25) is 0 Å². The lowest BCUT2D eigenvalue weighted by atomic mass is 9.99. The molecule has 0 aromatic carbocycles. The molecule has 0 radical (unpaired) electrons. The maximum Gasteiger partial charge on any atom is 0.410 e. The molecule has 2 rings (SSSR count). The molecule has 1 N–H and O–H groups in total. The molecule has 0 aliphatic carbocycles. The number of pyridine rings is 1. The van der Waals surface area contributed by atoms with E-state index in [4.69, 9.17) is 4.74 Å². The largest absolute Gasteiger partial charge is 0.444 e. The second-order valence-corrected chi connectivity index (χ2v) is 6.58. The summed E-state index contributed by atoms with van der Waals surface area (Å²) in [5.74, 6) is 0. The Labute approximate surface area is 131 Å². The van der Waals surface area contributed by atoms with Crippen molar-refractivity contribution in [2.45, 2.75) is 46.3 Å². The number of aryl methyl sites for hydroxylation is 1. The van der Waals surface area contributed by atoms with E-state index in [1.165, 1.54) is 0 Å². The minimum atomic E-state index is -0.482. The van der Waals surface area contributed by atoms with Crippen molar-refractivity contribution in [1.82, 2.24) is 9.88 Å². The summed E-state index contributed by atoms with van der Waals surface area (Å²) in [6.45, 7) is 8.61. The Morgan fingerprint density at radius 3 is 2.73 bits per heavy atom. The third-order valence-electron chi connectivity index (χ3n) is 3.44. The molecule has 1 aromatic heterocycles. The zero-order chi connectivity index (χ0) is 16.3. The molecule has 0 saturated heterocycles. The molecule has 2 heterocycles. The van der Waals surface area contributed by atoms with E-state index in [0.717, 1.165) is 22.4 Å². The molecule has 1 amide bonds. The monoisotopic (exact) mass is 304 g/mol. The molecule has 0 spiro atoms. The number of amides is 1. The van der Waals surface area contributed by atoms with Crippen LogP contribution < -0.4 is 0 Å². The SMILES string of the molecule is Cc1cnc(C2=CCN(C(=O)OC(C)(C)C)CC2)c(CO)c1. The first-order chi connectivity index (χ1) is 10.3. The Hall–Kier alpha value is -1.88. The van der Waals surface area contributed by atoms with E-state index in [1.54, 1.807) is 11.1 Å². The second kappa shape index (κ2) is 6.48. The predicted molar refractivity (Wildman–Crippen MR) is 85.3 cm³/mol. The first-order valence-electron chi connectivity index (χ1n) is 7.54. The summed E-state index contributed by atoms with van der Waals surface area (Å²) in [5, 5.41) is 9.49. The number of hydrogen-bond donors (Lipinski definition) is 1. The highest BCUT2D eigenvalue weighted by Crippen LogP contribution is 2.25. The maximum atomic E-state index is 12.0. The number of aliphatic hydroxyl groups is 1. The highest BCUT2D eigenvalue weighted by molar-refractivity contribution is 5.72. The summed E-state index contributed by atoms with van der Waals surface area (Å²) < 4.78 is 5.38. The van der Waals surface area contributed by atoms with E-state index in [2.05, 4.69) is 4.98 Å². The van der Waals surface area contributed by atoms with Crippen LogP contribution in [0.1, 0.15) is 44.0 Å². The summed E-state index contributed by atoms with van der Waals surface area (Å²) in [6, 6.07) is 1.95. The molecule has 0 atom stereocenters. The number of carbonyl (C=O) groups is 1. The van der Waals surface area contributed by atoms with E-state index in [0.29, 0.717) is 19.5 Å². The molecule has 1 aliphatic rings. The molecule has 0 bridgehead atoms. The van der Waals surface area contributed by atoms with E-state index in [1.807, 2.05) is 39.8 Å².